The van der Waals surface area contributed by atoms with Gasteiger partial charge in [0.05, 0.1) is 17.5 Å². The summed E-state index contributed by atoms with van der Waals surface area (Å²) in [4.78, 5) is 26.8. The Morgan fingerprint density at radius 3 is 2.49 bits per heavy atom. The van der Waals surface area contributed by atoms with Crippen molar-refractivity contribution < 1.29 is 33.0 Å². The average molecular weight is 540 g/mol. The molecule has 210 valence electrons. The van der Waals surface area contributed by atoms with Crippen LogP contribution in [0, 0.1) is 34.0 Å². The largest absolute Gasteiger partial charge is 0.461 e. The second kappa shape index (κ2) is 9.72. The van der Waals surface area contributed by atoms with Gasteiger partial charge in [-0.2, -0.15) is 0 Å². The number of carbonyl (C=O) groups is 2. The standard InChI is InChI=1S/C28H45NO7S/c1-6-26(4)14-22(36-23(32)15-37(34,35)21-8-7-18(29)13-20(21)31)27(5)16(2)9-11-28(17(3)25(26)33)12-10-19(30)24(27)28/h6,16-18,20-22,24-25,31,33H,1,7-15,29H2,2-5H3/t16-,17+,18-,20-,21-,22-,24+,25+,26-,27+,28+/m1/s1. The molecule has 8 nitrogen and oxygen atoms in total. The van der Waals surface area contributed by atoms with E-state index in [2.05, 4.69) is 13.5 Å². The third-order valence-electron chi connectivity index (χ3n) is 11.2. The highest BCUT2D eigenvalue weighted by Crippen LogP contribution is 2.68. The van der Waals surface area contributed by atoms with Crippen LogP contribution in [0.5, 0.6) is 0 Å². The maximum atomic E-state index is 13.5. The highest BCUT2D eigenvalue weighted by atomic mass is 32.2. The van der Waals surface area contributed by atoms with Gasteiger partial charge in [-0.3, -0.25) is 9.59 Å². The predicted molar refractivity (Wildman–Crippen MR) is 140 cm³/mol. The number of rotatable bonds is 5. The molecule has 9 heteroatoms. The fourth-order valence-electron chi connectivity index (χ4n) is 8.53. The molecule has 4 aliphatic carbocycles. The summed E-state index contributed by atoms with van der Waals surface area (Å²) in [6, 6.07) is -0.259. The van der Waals surface area contributed by atoms with Gasteiger partial charge >= 0.3 is 5.97 Å². The van der Waals surface area contributed by atoms with Crippen LogP contribution in [0.25, 0.3) is 0 Å². The summed E-state index contributed by atoms with van der Waals surface area (Å²) < 4.78 is 32.3. The zero-order chi connectivity index (χ0) is 27.6. The van der Waals surface area contributed by atoms with Crippen molar-refractivity contribution in [2.75, 3.05) is 5.75 Å². The molecule has 0 radical (unpaired) electrons. The van der Waals surface area contributed by atoms with Gasteiger partial charge in [-0.15, -0.1) is 6.58 Å². The summed E-state index contributed by atoms with van der Waals surface area (Å²) in [7, 11) is -3.98. The molecule has 0 amide bonds. The van der Waals surface area contributed by atoms with E-state index in [0.717, 1.165) is 12.8 Å². The molecule has 0 unspecified atom stereocenters. The van der Waals surface area contributed by atoms with Crippen LogP contribution in [0.2, 0.25) is 0 Å². The number of nitrogens with two attached hydrogens (primary N) is 1. The number of aliphatic hydroxyl groups is 2. The molecule has 37 heavy (non-hydrogen) atoms. The number of hydrogen-bond acceptors (Lipinski definition) is 8. The Morgan fingerprint density at radius 1 is 1.19 bits per heavy atom. The normalized spacial score (nSPS) is 48.5. The molecule has 4 N–H and O–H groups in total. The predicted octanol–water partition coefficient (Wildman–Crippen LogP) is 2.55. The van der Waals surface area contributed by atoms with E-state index >= 15 is 0 Å². The molecule has 0 aromatic heterocycles. The Hall–Kier alpha value is -1.29. The van der Waals surface area contributed by atoms with E-state index < -0.39 is 61.4 Å². The van der Waals surface area contributed by atoms with E-state index in [1.807, 2.05) is 20.8 Å². The highest BCUT2D eigenvalue weighted by molar-refractivity contribution is 7.92. The summed E-state index contributed by atoms with van der Waals surface area (Å²) in [5.41, 5.74) is 3.97. The van der Waals surface area contributed by atoms with Gasteiger partial charge in [0.1, 0.15) is 17.6 Å². The van der Waals surface area contributed by atoms with E-state index in [0.29, 0.717) is 19.3 Å². The molecule has 4 rings (SSSR count). The maximum Gasteiger partial charge on any atom is 0.321 e. The molecule has 4 fully saturated rings. The lowest BCUT2D eigenvalue weighted by atomic mass is 9.44. The minimum Gasteiger partial charge on any atom is -0.461 e. The monoisotopic (exact) mass is 539 g/mol. The molecule has 0 aromatic carbocycles. The van der Waals surface area contributed by atoms with Crippen LogP contribution < -0.4 is 5.73 Å². The van der Waals surface area contributed by atoms with Crippen LogP contribution in [-0.4, -0.2) is 65.7 Å². The van der Waals surface area contributed by atoms with Gasteiger partial charge in [0, 0.05) is 29.2 Å². The van der Waals surface area contributed by atoms with Crippen LogP contribution in [0.3, 0.4) is 0 Å². The first-order valence-electron chi connectivity index (χ1n) is 13.8. The molecule has 4 aliphatic rings. The Labute approximate surface area is 221 Å². The van der Waals surface area contributed by atoms with E-state index in [9.17, 15) is 28.2 Å². The van der Waals surface area contributed by atoms with Crippen LogP contribution in [0.15, 0.2) is 12.7 Å². The van der Waals surface area contributed by atoms with Gasteiger partial charge in [0.25, 0.3) is 0 Å². The molecule has 2 bridgehead atoms. The van der Waals surface area contributed by atoms with E-state index in [4.69, 9.17) is 10.5 Å². The maximum absolute atomic E-state index is 13.5. The van der Waals surface area contributed by atoms with Crippen molar-refractivity contribution >= 4 is 21.6 Å². The first kappa shape index (κ1) is 28.7. The third kappa shape index (κ3) is 4.51. The number of ether oxygens (including phenoxy) is 1. The zero-order valence-corrected chi connectivity index (χ0v) is 23.5. The Kier molecular flexibility index (Phi) is 7.54. The Balaban J connectivity index is 1.69. The van der Waals surface area contributed by atoms with Crippen molar-refractivity contribution in [2.24, 2.45) is 39.7 Å². The molecule has 0 heterocycles. The molecule has 0 aromatic rings. The molecule has 0 saturated heterocycles. The lowest BCUT2D eigenvalue weighted by molar-refractivity contribution is -0.205. The Morgan fingerprint density at radius 2 is 1.86 bits per heavy atom. The Bertz CT molecular complexity index is 1050. The zero-order valence-electron chi connectivity index (χ0n) is 22.7. The molecular formula is C28H45NO7S. The molecule has 4 saturated carbocycles. The van der Waals surface area contributed by atoms with Crippen molar-refractivity contribution in [2.45, 2.75) is 109 Å². The van der Waals surface area contributed by atoms with Crippen LogP contribution in [0.1, 0.15) is 79.1 Å². The van der Waals surface area contributed by atoms with Crippen LogP contribution in [0.4, 0.5) is 0 Å². The molecule has 11 atom stereocenters. The minimum absolute atomic E-state index is 0.0558. The lowest BCUT2D eigenvalue weighted by Gasteiger charge is -2.61. The van der Waals surface area contributed by atoms with Crippen molar-refractivity contribution in [1.82, 2.24) is 0 Å². The fourth-order valence-corrected chi connectivity index (χ4v) is 10.2. The number of aliphatic hydroxyl groups excluding tert-OH is 2. The smallest absolute Gasteiger partial charge is 0.321 e. The first-order valence-corrected chi connectivity index (χ1v) is 15.5. The number of carbonyl (C=O) groups excluding carboxylic acids is 2. The number of ketones is 1. The summed E-state index contributed by atoms with van der Waals surface area (Å²) in [6.45, 7) is 12.0. The van der Waals surface area contributed by atoms with Crippen molar-refractivity contribution in [3.05, 3.63) is 12.7 Å². The SMILES string of the molecule is C=C[C@]1(C)C[C@@H](OC(=O)CS(=O)(=O)[C@@H]2CC[C@@H](N)C[C@H]2O)[C@]2(C)[C@H](C)CC[C@]3(CCC(=O)[C@H]32)[C@@H](C)[C@@H]1O. The summed E-state index contributed by atoms with van der Waals surface area (Å²) in [5.74, 6) is -2.03. The van der Waals surface area contributed by atoms with Gasteiger partial charge in [-0.25, -0.2) is 8.42 Å². The summed E-state index contributed by atoms with van der Waals surface area (Å²) in [5, 5.41) is 20.9. The quantitative estimate of drug-likeness (QED) is 0.357. The molecule has 0 aliphatic heterocycles. The number of Topliss-reactive ketones (excluding diaryl/α,β-unsaturated/α-hetero) is 1. The van der Waals surface area contributed by atoms with E-state index in [1.165, 1.54) is 0 Å². The van der Waals surface area contributed by atoms with Crippen LogP contribution >= 0.6 is 0 Å². The number of sulfone groups is 1. The second-order valence-corrected chi connectivity index (χ2v) is 15.3. The lowest BCUT2D eigenvalue weighted by Crippen LogP contribution is -2.63. The topological polar surface area (TPSA) is 144 Å². The van der Waals surface area contributed by atoms with Crippen molar-refractivity contribution in [3.8, 4) is 0 Å². The summed E-state index contributed by atoms with van der Waals surface area (Å²) >= 11 is 0. The number of hydrogen-bond donors (Lipinski definition) is 3. The first-order chi connectivity index (χ1) is 17.1. The molecule has 0 spiro atoms. The average Bonchev–Trinajstić information content (AvgIpc) is 3.17. The van der Waals surface area contributed by atoms with Crippen molar-refractivity contribution in [1.29, 1.82) is 0 Å². The van der Waals surface area contributed by atoms with E-state index in [-0.39, 0.29) is 48.8 Å². The molecular weight excluding hydrogens is 494 g/mol. The van der Waals surface area contributed by atoms with Gasteiger partial charge < -0.3 is 20.7 Å². The van der Waals surface area contributed by atoms with Gasteiger partial charge in [-0.05, 0) is 62.2 Å². The van der Waals surface area contributed by atoms with Crippen LogP contribution in [-0.2, 0) is 24.2 Å². The number of esters is 1. The van der Waals surface area contributed by atoms with E-state index in [1.54, 1.807) is 6.08 Å². The summed E-state index contributed by atoms with van der Waals surface area (Å²) in [6.07, 6.45) is 2.92. The van der Waals surface area contributed by atoms with Crippen molar-refractivity contribution in [3.63, 3.8) is 0 Å². The highest BCUT2D eigenvalue weighted by Gasteiger charge is 2.68. The van der Waals surface area contributed by atoms with Gasteiger partial charge in [0.15, 0.2) is 9.84 Å². The van der Waals surface area contributed by atoms with Gasteiger partial charge in [-0.1, -0.05) is 33.8 Å². The van der Waals surface area contributed by atoms with Gasteiger partial charge in [0.2, 0.25) is 0 Å². The fraction of sp³-hybridized carbons (Fsp3) is 0.857. The minimum atomic E-state index is -3.98. The third-order valence-corrected chi connectivity index (χ3v) is 13.3. The second-order valence-electron chi connectivity index (χ2n) is 13.1.